The van der Waals surface area contributed by atoms with Crippen LogP contribution in [-0.2, 0) is 16.8 Å². The minimum atomic E-state index is -0.529. The molecular formula is C35H40N4O3. The van der Waals surface area contributed by atoms with Gasteiger partial charge in [-0.2, -0.15) is 0 Å². The summed E-state index contributed by atoms with van der Waals surface area (Å²) in [4.78, 5) is 18.6. The highest BCUT2D eigenvalue weighted by molar-refractivity contribution is 6.10. The lowest BCUT2D eigenvalue weighted by Crippen LogP contribution is -2.44. The van der Waals surface area contributed by atoms with Crippen LogP contribution in [0.1, 0.15) is 55.7 Å². The Kier molecular flexibility index (Phi) is 7.78. The smallest absolute Gasteiger partial charge is 0.238 e. The highest BCUT2D eigenvalue weighted by Crippen LogP contribution is 2.57. The van der Waals surface area contributed by atoms with Crippen molar-refractivity contribution in [3.63, 3.8) is 0 Å². The van der Waals surface area contributed by atoms with Crippen molar-refractivity contribution in [1.82, 2.24) is 4.90 Å². The van der Waals surface area contributed by atoms with E-state index < -0.39 is 5.41 Å². The van der Waals surface area contributed by atoms with E-state index in [-0.39, 0.29) is 12.0 Å². The highest BCUT2D eigenvalue weighted by atomic mass is 16.5. The number of likely N-dealkylation sites (tertiary alicyclic amines) is 1. The van der Waals surface area contributed by atoms with Crippen molar-refractivity contribution in [1.29, 1.82) is 5.41 Å². The van der Waals surface area contributed by atoms with E-state index >= 15 is 0 Å². The van der Waals surface area contributed by atoms with Crippen LogP contribution < -0.4 is 19.7 Å². The minimum absolute atomic E-state index is 0.0785. The van der Waals surface area contributed by atoms with Crippen LogP contribution in [0.2, 0.25) is 0 Å². The number of amides is 1. The van der Waals surface area contributed by atoms with Gasteiger partial charge in [0.2, 0.25) is 5.91 Å². The van der Waals surface area contributed by atoms with Crippen LogP contribution in [-0.4, -0.2) is 50.4 Å². The Bertz CT molecular complexity index is 1490. The number of piperidine rings is 1. The largest absolute Gasteiger partial charge is 0.497 e. The van der Waals surface area contributed by atoms with Crippen molar-refractivity contribution in [2.24, 2.45) is 0 Å². The third-order valence-electron chi connectivity index (χ3n) is 9.12. The first-order valence-electron chi connectivity index (χ1n) is 14.9. The zero-order valence-electron chi connectivity index (χ0n) is 24.8. The molecule has 0 aromatic heterocycles. The quantitative estimate of drug-likeness (QED) is 0.285. The van der Waals surface area contributed by atoms with Crippen molar-refractivity contribution in [3.05, 3.63) is 89.0 Å². The van der Waals surface area contributed by atoms with E-state index in [4.69, 9.17) is 14.9 Å². The second-order valence-corrected chi connectivity index (χ2v) is 11.9. The van der Waals surface area contributed by atoms with E-state index in [9.17, 15) is 4.79 Å². The van der Waals surface area contributed by atoms with Crippen molar-refractivity contribution >= 4 is 29.2 Å². The van der Waals surface area contributed by atoms with Gasteiger partial charge < -0.3 is 30.0 Å². The fraction of sp³-hybridized carbons (Fsp3) is 0.371. The molecule has 2 N–H and O–H groups in total. The predicted octanol–water partition coefficient (Wildman–Crippen LogP) is 6.63. The Balaban J connectivity index is 1.47. The normalized spacial score (nSPS) is 18.7. The van der Waals surface area contributed by atoms with Gasteiger partial charge in [-0.05, 0) is 92.8 Å². The summed E-state index contributed by atoms with van der Waals surface area (Å²) < 4.78 is 12.2. The number of allylic oxidation sites excluding steroid dienone is 1. The number of carbonyl (C=O) groups is 1. The van der Waals surface area contributed by atoms with E-state index in [1.807, 2.05) is 66.4 Å². The number of anilines is 2. The zero-order chi connectivity index (χ0) is 29.3. The van der Waals surface area contributed by atoms with Crippen LogP contribution in [0.25, 0.3) is 5.70 Å². The predicted molar refractivity (Wildman–Crippen MR) is 169 cm³/mol. The molecule has 7 nitrogen and oxygen atoms in total. The Morgan fingerprint density at radius 2 is 1.79 bits per heavy atom. The molecule has 7 heteroatoms. The molecule has 3 aromatic rings. The lowest BCUT2D eigenvalue weighted by atomic mass is 9.65. The summed E-state index contributed by atoms with van der Waals surface area (Å²) in [5.74, 6) is 1.72. The molecule has 2 heterocycles. The number of rotatable bonds is 9. The van der Waals surface area contributed by atoms with Gasteiger partial charge in [-0.3, -0.25) is 4.79 Å². The molecule has 1 spiro atoms. The van der Waals surface area contributed by atoms with Crippen molar-refractivity contribution < 1.29 is 14.3 Å². The molecule has 3 aliphatic rings. The van der Waals surface area contributed by atoms with Crippen LogP contribution in [0.5, 0.6) is 11.5 Å². The number of hydrogen-bond acceptors (Lipinski definition) is 6. The summed E-state index contributed by atoms with van der Waals surface area (Å²) >= 11 is 0. The molecule has 0 unspecified atom stereocenters. The maximum Gasteiger partial charge on any atom is 0.238 e. The van der Waals surface area contributed by atoms with Gasteiger partial charge in [0.1, 0.15) is 17.6 Å². The lowest BCUT2D eigenvalue weighted by molar-refractivity contribution is -0.126. The fourth-order valence-corrected chi connectivity index (χ4v) is 6.46. The third-order valence-corrected chi connectivity index (χ3v) is 9.12. The van der Waals surface area contributed by atoms with Crippen LogP contribution in [0.4, 0.5) is 11.4 Å². The van der Waals surface area contributed by atoms with E-state index in [1.54, 1.807) is 7.11 Å². The van der Waals surface area contributed by atoms with Gasteiger partial charge in [0, 0.05) is 30.6 Å². The summed E-state index contributed by atoms with van der Waals surface area (Å²) in [7, 11) is 3.81. The van der Waals surface area contributed by atoms with Crippen molar-refractivity contribution in [2.75, 3.05) is 37.5 Å². The van der Waals surface area contributed by atoms with Gasteiger partial charge in [0.05, 0.1) is 30.5 Å². The van der Waals surface area contributed by atoms with Gasteiger partial charge in [-0.15, -0.1) is 0 Å². The molecule has 1 amide bonds. The molecule has 42 heavy (non-hydrogen) atoms. The number of fused-ring (bicyclic) bond motifs is 2. The summed E-state index contributed by atoms with van der Waals surface area (Å²) in [6.07, 6.45) is 6.05. The van der Waals surface area contributed by atoms with E-state index in [1.165, 1.54) is 6.21 Å². The maximum atomic E-state index is 14.3. The second kappa shape index (κ2) is 11.6. The highest BCUT2D eigenvalue weighted by Gasteiger charge is 2.55. The van der Waals surface area contributed by atoms with E-state index in [2.05, 4.69) is 29.4 Å². The van der Waals surface area contributed by atoms with E-state index in [0.717, 1.165) is 96.0 Å². The monoisotopic (exact) mass is 564 g/mol. The van der Waals surface area contributed by atoms with E-state index in [0.29, 0.717) is 6.54 Å². The Morgan fingerprint density at radius 1 is 1.07 bits per heavy atom. The molecule has 6 rings (SSSR count). The van der Waals surface area contributed by atoms with Gasteiger partial charge in [0.25, 0.3) is 0 Å². The number of nitrogens with one attached hydrogen (secondary N) is 2. The maximum absolute atomic E-state index is 14.3. The standard InChI is InChI=1S/C35H40N4O3/c1-24(22-36)32(37-27-8-5-4-6-9-27)26-20-30-33(31(21-26)42-29-14-18-38(2)19-15-29)39(34(40)35(30)16-7-17-35)23-25-10-12-28(41-3)13-11-25/h4-6,8-13,20-22,29,36-37H,7,14-19,23H2,1-3H3/b32-24-,36-22?. The summed E-state index contributed by atoms with van der Waals surface area (Å²) in [5.41, 5.74) is 6.02. The molecule has 1 saturated heterocycles. The molecule has 0 bridgehead atoms. The van der Waals surface area contributed by atoms with Gasteiger partial charge in [-0.25, -0.2) is 0 Å². The molecule has 218 valence electrons. The van der Waals surface area contributed by atoms with Crippen molar-refractivity contribution in [3.8, 4) is 11.5 Å². The summed E-state index contributed by atoms with van der Waals surface area (Å²) in [6.45, 7) is 4.39. The van der Waals surface area contributed by atoms with Gasteiger partial charge in [0.15, 0.2) is 0 Å². The SMILES string of the molecule is COc1ccc(CN2C(=O)C3(CCC3)c3cc(/C(Nc4ccccc4)=C(\C)C=N)cc(OC4CCN(C)CC4)c32)cc1. The number of benzene rings is 3. The Labute approximate surface area is 248 Å². The fourth-order valence-electron chi connectivity index (χ4n) is 6.46. The molecule has 2 fully saturated rings. The van der Waals surface area contributed by atoms with Gasteiger partial charge >= 0.3 is 0 Å². The molecule has 2 aliphatic heterocycles. The molecule has 3 aromatic carbocycles. The topological polar surface area (TPSA) is 77.9 Å². The molecule has 0 atom stereocenters. The zero-order valence-corrected chi connectivity index (χ0v) is 24.8. The number of nitrogens with zero attached hydrogens (tertiary/aromatic N) is 2. The average Bonchev–Trinajstić information content (AvgIpc) is 3.25. The summed E-state index contributed by atoms with van der Waals surface area (Å²) in [5, 5.41) is 11.7. The number of para-hydroxylation sites is 1. The van der Waals surface area contributed by atoms with Crippen molar-refractivity contribution in [2.45, 2.75) is 57.1 Å². The molecule has 1 saturated carbocycles. The average molecular weight is 565 g/mol. The van der Waals surface area contributed by atoms with Crippen LogP contribution in [0.3, 0.4) is 0 Å². The Hall–Kier alpha value is -4.10. The number of hydrogen-bond donors (Lipinski definition) is 2. The lowest BCUT2D eigenvalue weighted by Gasteiger charge is -2.37. The van der Waals surface area contributed by atoms with Crippen LogP contribution >= 0.6 is 0 Å². The second-order valence-electron chi connectivity index (χ2n) is 11.9. The first-order chi connectivity index (χ1) is 20.4. The molecule has 1 aliphatic carbocycles. The first-order valence-corrected chi connectivity index (χ1v) is 14.9. The number of methoxy groups -OCH3 is 1. The molecule has 0 radical (unpaired) electrons. The Morgan fingerprint density at radius 3 is 2.40 bits per heavy atom. The first kappa shape index (κ1) is 28.0. The minimum Gasteiger partial charge on any atom is -0.497 e. The van der Waals surface area contributed by atoms with Gasteiger partial charge in [-0.1, -0.05) is 36.8 Å². The molecular weight excluding hydrogens is 524 g/mol. The third kappa shape index (κ3) is 5.18. The summed E-state index contributed by atoms with van der Waals surface area (Å²) in [6, 6.07) is 22.2. The number of carbonyl (C=O) groups excluding carboxylic acids is 1. The van der Waals surface area contributed by atoms with Crippen LogP contribution in [0, 0.1) is 5.41 Å². The number of ether oxygens (including phenoxy) is 2. The van der Waals surface area contributed by atoms with Crippen LogP contribution in [0.15, 0.2) is 72.3 Å².